The number of carbonyl (C=O) groups excluding carboxylic acids is 1. The summed E-state index contributed by atoms with van der Waals surface area (Å²) in [5.41, 5.74) is 0.853. The quantitative estimate of drug-likeness (QED) is 0.809. The van der Waals surface area contributed by atoms with Gasteiger partial charge in [0.05, 0.1) is 12.8 Å². The lowest BCUT2D eigenvalue weighted by atomic mass is 9.90. The number of halogens is 1. The number of Topliss-reactive ketones (excluding diaryl/α,β-unsaturated/α-hetero) is 1. The van der Waals surface area contributed by atoms with E-state index in [1.54, 1.807) is 6.07 Å². The van der Waals surface area contributed by atoms with Gasteiger partial charge in [0, 0.05) is 31.0 Å². The van der Waals surface area contributed by atoms with Gasteiger partial charge in [-0.05, 0) is 19.1 Å². The Morgan fingerprint density at radius 2 is 2.11 bits per heavy atom. The van der Waals surface area contributed by atoms with Crippen LogP contribution in [0.2, 0.25) is 0 Å². The molecule has 1 saturated heterocycles. The van der Waals surface area contributed by atoms with E-state index in [1.807, 2.05) is 13.8 Å². The molecule has 0 radical (unpaired) electrons. The van der Waals surface area contributed by atoms with Gasteiger partial charge < -0.3 is 9.64 Å². The Morgan fingerprint density at radius 3 is 2.78 bits per heavy atom. The van der Waals surface area contributed by atoms with Crippen LogP contribution in [-0.2, 0) is 4.79 Å². The number of ketones is 1. The summed E-state index contributed by atoms with van der Waals surface area (Å²) in [6.45, 7) is 4.62. The van der Waals surface area contributed by atoms with E-state index in [9.17, 15) is 9.18 Å². The number of ether oxygens (including phenoxy) is 1. The highest BCUT2D eigenvalue weighted by Crippen LogP contribution is 2.34. The third-order valence-electron chi connectivity index (χ3n) is 3.77. The summed E-state index contributed by atoms with van der Waals surface area (Å²) in [5, 5.41) is 0. The number of methoxy groups -OCH3 is 1. The molecule has 1 aliphatic rings. The van der Waals surface area contributed by atoms with Crippen molar-refractivity contribution in [1.82, 2.24) is 0 Å². The zero-order valence-corrected chi connectivity index (χ0v) is 10.9. The van der Waals surface area contributed by atoms with E-state index in [-0.39, 0.29) is 17.8 Å². The first-order valence-corrected chi connectivity index (χ1v) is 6.17. The molecule has 2 rings (SSSR count). The number of benzene rings is 1. The second-order valence-electron chi connectivity index (χ2n) is 4.76. The summed E-state index contributed by atoms with van der Waals surface area (Å²) in [7, 11) is 1.53. The summed E-state index contributed by atoms with van der Waals surface area (Å²) in [6.07, 6.45) is 0.534. The van der Waals surface area contributed by atoms with Gasteiger partial charge >= 0.3 is 0 Å². The van der Waals surface area contributed by atoms with Crippen molar-refractivity contribution >= 4 is 11.5 Å². The maximum absolute atomic E-state index is 13.2. The highest BCUT2D eigenvalue weighted by molar-refractivity contribution is 5.84. The molecular formula is C14H18FNO2. The maximum atomic E-state index is 13.2. The van der Waals surface area contributed by atoms with Crippen molar-refractivity contribution in [2.24, 2.45) is 5.92 Å². The van der Waals surface area contributed by atoms with Crippen molar-refractivity contribution in [2.75, 3.05) is 18.6 Å². The number of hydrogen-bond acceptors (Lipinski definition) is 3. The minimum absolute atomic E-state index is 0.00601. The summed E-state index contributed by atoms with van der Waals surface area (Å²) >= 11 is 0. The van der Waals surface area contributed by atoms with Crippen molar-refractivity contribution in [3.8, 4) is 5.75 Å². The summed E-state index contributed by atoms with van der Waals surface area (Å²) in [4.78, 5) is 13.8. The average molecular weight is 251 g/mol. The molecule has 1 aromatic rings. The molecule has 1 aromatic carbocycles. The number of anilines is 1. The minimum Gasteiger partial charge on any atom is -0.494 e. The summed E-state index contributed by atoms with van der Waals surface area (Å²) in [6, 6.07) is 4.62. The highest BCUT2D eigenvalue weighted by Gasteiger charge is 2.32. The fourth-order valence-corrected chi connectivity index (χ4v) is 2.43. The van der Waals surface area contributed by atoms with Crippen LogP contribution in [0.3, 0.4) is 0 Å². The van der Waals surface area contributed by atoms with Gasteiger partial charge in [0.15, 0.2) is 0 Å². The molecule has 1 heterocycles. The van der Waals surface area contributed by atoms with Crippen molar-refractivity contribution in [3.63, 3.8) is 0 Å². The molecule has 1 aliphatic heterocycles. The molecule has 0 aromatic heterocycles. The first-order valence-electron chi connectivity index (χ1n) is 6.17. The maximum Gasteiger partial charge on any atom is 0.145 e. The van der Waals surface area contributed by atoms with Gasteiger partial charge in [0.25, 0.3) is 0 Å². The third kappa shape index (κ3) is 2.19. The van der Waals surface area contributed by atoms with Crippen LogP contribution in [0.1, 0.15) is 20.3 Å². The molecule has 3 nitrogen and oxygen atoms in total. The second-order valence-corrected chi connectivity index (χ2v) is 4.76. The van der Waals surface area contributed by atoms with Crippen LogP contribution in [0.5, 0.6) is 5.75 Å². The number of piperidine rings is 1. The molecule has 0 amide bonds. The predicted molar refractivity (Wildman–Crippen MR) is 68.5 cm³/mol. The summed E-state index contributed by atoms with van der Waals surface area (Å²) in [5.74, 6) is 0.487. The van der Waals surface area contributed by atoms with Crippen LogP contribution in [0, 0.1) is 11.7 Å². The van der Waals surface area contributed by atoms with Crippen LogP contribution in [0.15, 0.2) is 18.2 Å². The Bertz CT molecular complexity index is 461. The fourth-order valence-electron chi connectivity index (χ4n) is 2.43. The van der Waals surface area contributed by atoms with Crippen LogP contribution < -0.4 is 9.64 Å². The van der Waals surface area contributed by atoms with Crippen LogP contribution >= 0.6 is 0 Å². The van der Waals surface area contributed by atoms with E-state index in [4.69, 9.17) is 4.74 Å². The average Bonchev–Trinajstić information content (AvgIpc) is 2.37. The van der Waals surface area contributed by atoms with Crippen molar-refractivity contribution < 1.29 is 13.9 Å². The van der Waals surface area contributed by atoms with Crippen molar-refractivity contribution in [1.29, 1.82) is 0 Å². The van der Waals surface area contributed by atoms with Gasteiger partial charge in [-0.2, -0.15) is 0 Å². The molecule has 0 spiro atoms. The first-order chi connectivity index (χ1) is 8.54. The lowest BCUT2D eigenvalue weighted by Crippen LogP contribution is -2.47. The Hall–Kier alpha value is -1.58. The number of hydrogen-bond donors (Lipinski definition) is 0. The smallest absolute Gasteiger partial charge is 0.145 e. The largest absolute Gasteiger partial charge is 0.494 e. The molecule has 0 aliphatic carbocycles. The SMILES string of the molecule is COc1cc(F)ccc1N1CCC(=O)C(C)C1C. The zero-order chi connectivity index (χ0) is 13.3. The molecular weight excluding hydrogens is 233 g/mol. The third-order valence-corrected chi connectivity index (χ3v) is 3.77. The lowest BCUT2D eigenvalue weighted by Gasteiger charge is -2.39. The van der Waals surface area contributed by atoms with Gasteiger partial charge in [-0.1, -0.05) is 6.92 Å². The van der Waals surface area contributed by atoms with Crippen LogP contribution in [0.25, 0.3) is 0 Å². The molecule has 0 bridgehead atoms. The fraction of sp³-hybridized carbons (Fsp3) is 0.500. The van der Waals surface area contributed by atoms with E-state index in [0.717, 1.165) is 5.69 Å². The predicted octanol–water partition coefficient (Wildman–Crippen LogP) is 2.64. The topological polar surface area (TPSA) is 29.5 Å². The molecule has 2 atom stereocenters. The number of rotatable bonds is 2. The van der Waals surface area contributed by atoms with E-state index in [0.29, 0.717) is 24.5 Å². The molecule has 18 heavy (non-hydrogen) atoms. The second kappa shape index (κ2) is 4.96. The van der Waals surface area contributed by atoms with Gasteiger partial charge in [-0.25, -0.2) is 4.39 Å². The molecule has 1 fully saturated rings. The van der Waals surface area contributed by atoms with E-state index < -0.39 is 0 Å². The Labute approximate surface area is 107 Å². The molecule has 2 unspecified atom stereocenters. The van der Waals surface area contributed by atoms with Gasteiger partial charge in [0.2, 0.25) is 0 Å². The van der Waals surface area contributed by atoms with Gasteiger partial charge in [-0.3, -0.25) is 4.79 Å². The van der Waals surface area contributed by atoms with Crippen LogP contribution in [-0.4, -0.2) is 25.5 Å². The van der Waals surface area contributed by atoms with E-state index in [1.165, 1.54) is 19.2 Å². The molecule has 4 heteroatoms. The first kappa shape index (κ1) is 12.9. The van der Waals surface area contributed by atoms with Gasteiger partial charge in [0.1, 0.15) is 17.3 Å². The Morgan fingerprint density at radius 1 is 1.39 bits per heavy atom. The summed E-state index contributed by atoms with van der Waals surface area (Å²) < 4.78 is 18.4. The van der Waals surface area contributed by atoms with Crippen molar-refractivity contribution in [2.45, 2.75) is 26.3 Å². The van der Waals surface area contributed by atoms with E-state index >= 15 is 0 Å². The van der Waals surface area contributed by atoms with Crippen molar-refractivity contribution in [3.05, 3.63) is 24.0 Å². The highest BCUT2D eigenvalue weighted by atomic mass is 19.1. The zero-order valence-electron chi connectivity index (χ0n) is 10.9. The monoisotopic (exact) mass is 251 g/mol. The van der Waals surface area contributed by atoms with E-state index in [2.05, 4.69) is 4.90 Å². The normalized spacial score (nSPS) is 24.2. The minimum atomic E-state index is -0.315. The molecule has 0 saturated carbocycles. The van der Waals surface area contributed by atoms with Crippen LogP contribution in [0.4, 0.5) is 10.1 Å². The van der Waals surface area contributed by atoms with Gasteiger partial charge in [-0.15, -0.1) is 0 Å². The number of carbonyl (C=O) groups is 1. The lowest BCUT2D eigenvalue weighted by molar-refractivity contribution is -0.123. The molecule has 98 valence electrons. The Kier molecular flexibility index (Phi) is 3.55. The molecule has 0 N–H and O–H groups in total. The standard InChI is InChI=1S/C14H18FNO2/c1-9-10(2)16(7-6-13(9)17)12-5-4-11(15)8-14(12)18-3/h4-5,8-10H,6-7H2,1-3H3. The Balaban J connectivity index is 2.34. The number of nitrogens with zero attached hydrogens (tertiary/aromatic N) is 1.